The van der Waals surface area contributed by atoms with Gasteiger partial charge in [-0.2, -0.15) is 0 Å². The van der Waals surface area contributed by atoms with E-state index in [-0.39, 0.29) is 0 Å². The van der Waals surface area contributed by atoms with Crippen LogP contribution in [0.15, 0.2) is 29.9 Å². The van der Waals surface area contributed by atoms with Crippen molar-refractivity contribution in [3.63, 3.8) is 0 Å². The molecule has 2 rings (SSSR count). The number of hydrogen-bond donors (Lipinski definition) is 2. The van der Waals surface area contributed by atoms with Gasteiger partial charge in [-0.05, 0) is 24.4 Å². The Morgan fingerprint density at radius 3 is 3.18 bits per heavy atom. The smallest absolute Gasteiger partial charge is 0.101 e. The fourth-order valence-corrected chi connectivity index (χ4v) is 2.25. The molecule has 0 bridgehead atoms. The van der Waals surface area contributed by atoms with Crippen molar-refractivity contribution >= 4 is 11.3 Å². The normalized spacial score (nSPS) is 12.8. The van der Waals surface area contributed by atoms with Gasteiger partial charge >= 0.3 is 0 Å². The first kappa shape index (κ1) is 12.2. The predicted octanol–water partition coefficient (Wildman–Crippen LogP) is 1.05. The monoisotopic (exact) mass is 252 g/mol. The fourth-order valence-electron chi connectivity index (χ4n) is 1.54. The summed E-state index contributed by atoms with van der Waals surface area (Å²) in [6.07, 6.45) is 4.09. The molecule has 0 saturated heterocycles. The lowest BCUT2D eigenvalue weighted by molar-refractivity contribution is 0.178. The van der Waals surface area contributed by atoms with Gasteiger partial charge in [-0.25, -0.2) is 0 Å². The van der Waals surface area contributed by atoms with Gasteiger partial charge in [0.1, 0.15) is 6.10 Å². The highest BCUT2D eigenvalue weighted by Gasteiger charge is 2.06. The summed E-state index contributed by atoms with van der Waals surface area (Å²) in [5.41, 5.74) is 0. The lowest BCUT2D eigenvalue weighted by Gasteiger charge is -2.09. The van der Waals surface area contributed by atoms with Gasteiger partial charge in [0.05, 0.1) is 6.20 Å². The van der Waals surface area contributed by atoms with E-state index >= 15 is 0 Å². The molecule has 0 aliphatic heterocycles. The molecule has 0 aromatic carbocycles. The second-order valence-corrected chi connectivity index (χ2v) is 4.73. The van der Waals surface area contributed by atoms with Gasteiger partial charge in [0.2, 0.25) is 0 Å². The first-order chi connectivity index (χ1) is 8.36. The summed E-state index contributed by atoms with van der Waals surface area (Å²) in [4.78, 5) is 1.01. The van der Waals surface area contributed by atoms with E-state index in [1.54, 1.807) is 22.2 Å². The molecule has 2 aromatic rings. The number of rotatable bonds is 7. The third kappa shape index (κ3) is 3.92. The Morgan fingerprint density at radius 2 is 2.47 bits per heavy atom. The number of aryl methyl sites for hydroxylation is 1. The van der Waals surface area contributed by atoms with Crippen molar-refractivity contribution in [2.45, 2.75) is 19.1 Å². The molecule has 0 aliphatic rings. The maximum Gasteiger partial charge on any atom is 0.101 e. The van der Waals surface area contributed by atoms with Crippen LogP contribution in [0.1, 0.15) is 17.4 Å². The lowest BCUT2D eigenvalue weighted by atomic mass is 10.3. The predicted molar refractivity (Wildman–Crippen MR) is 66.8 cm³/mol. The van der Waals surface area contributed by atoms with E-state index in [4.69, 9.17) is 0 Å². The largest absolute Gasteiger partial charge is 0.386 e. The van der Waals surface area contributed by atoms with E-state index < -0.39 is 6.10 Å². The summed E-state index contributed by atoms with van der Waals surface area (Å²) in [7, 11) is 0. The zero-order valence-electron chi connectivity index (χ0n) is 9.49. The quantitative estimate of drug-likeness (QED) is 0.723. The van der Waals surface area contributed by atoms with Crippen molar-refractivity contribution in [3.05, 3.63) is 34.8 Å². The highest BCUT2D eigenvalue weighted by atomic mass is 32.1. The molecule has 0 saturated carbocycles. The summed E-state index contributed by atoms with van der Waals surface area (Å²) in [5.74, 6) is 0. The molecule has 1 atom stereocenters. The second-order valence-electron chi connectivity index (χ2n) is 3.76. The van der Waals surface area contributed by atoms with E-state index in [9.17, 15) is 5.11 Å². The van der Waals surface area contributed by atoms with Crippen molar-refractivity contribution in [3.8, 4) is 0 Å². The number of nitrogens with zero attached hydrogens (tertiary/aromatic N) is 3. The Kier molecular flexibility index (Phi) is 4.66. The molecular formula is C11H16N4OS. The number of thiophene rings is 1. The van der Waals surface area contributed by atoms with Crippen molar-refractivity contribution in [1.82, 2.24) is 20.3 Å². The summed E-state index contributed by atoms with van der Waals surface area (Å²) in [6.45, 7) is 2.31. The van der Waals surface area contributed by atoms with Gasteiger partial charge in [-0.15, -0.1) is 16.4 Å². The Bertz CT molecular complexity index is 401. The van der Waals surface area contributed by atoms with Gasteiger partial charge in [0, 0.05) is 24.2 Å². The van der Waals surface area contributed by atoms with Crippen LogP contribution in [0.3, 0.4) is 0 Å². The summed E-state index contributed by atoms with van der Waals surface area (Å²) in [5, 5.41) is 22.6. The van der Waals surface area contributed by atoms with Crippen molar-refractivity contribution in [2.24, 2.45) is 0 Å². The minimum atomic E-state index is -0.402. The Morgan fingerprint density at radius 1 is 1.53 bits per heavy atom. The molecule has 5 nitrogen and oxygen atoms in total. The molecule has 6 heteroatoms. The highest BCUT2D eigenvalue weighted by molar-refractivity contribution is 7.10. The molecule has 92 valence electrons. The van der Waals surface area contributed by atoms with Crippen molar-refractivity contribution in [1.29, 1.82) is 0 Å². The summed E-state index contributed by atoms with van der Waals surface area (Å²) >= 11 is 1.58. The molecule has 2 N–H and O–H groups in total. The average molecular weight is 252 g/mol. The van der Waals surface area contributed by atoms with Crippen LogP contribution in [0.5, 0.6) is 0 Å². The van der Waals surface area contributed by atoms with Crippen LogP contribution < -0.4 is 5.32 Å². The molecule has 0 aliphatic carbocycles. The molecular weight excluding hydrogens is 236 g/mol. The third-order valence-corrected chi connectivity index (χ3v) is 3.40. The molecule has 0 fully saturated rings. The second kappa shape index (κ2) is 6.48. The van der Waals surface area contributed by atoms with Crippen LogP contribution in [0.2, 0.25) is 0 Å². The first-order valence-corrected chi connectivity index (χ1v) is 6.50. The lowest BCUT2D eigenvalue weighted by Crippen LogP contribution is -2.23. The Balaban J connectivity index is 1.57. The molecule has 0 radical (unpaired) electrons. The third-order valence-electron chi connectivity index (χ3n) is 2.42. The fraction of sp³-hybridized carbons (Fsp3) is 0.455. The molecule has 0 amide bonds. The Hall–Kier alpha value is -1.24. The average Bonchev–Trinajstić information content (AvgIpc) is 3.01. The minimum absolute atomic E-state index is 0.402. The van der Waals surface area contributed by atoms with Gasteiger partial charge in [0.15, 0.2) is 0 Å². The van der Waals surface area contributed by atoms with Crippen LogP contribution in [-0.4, -0.2) is 33.2 Å². The van der Waals surface area contributed by atoms with E-state index in [0.29, 0.717) is 6.54 Å². The first-order valence-electron chi connectivity index (χ1n) is 5.62. The van der Waals surface area contributed by atoms with E-state index in [1.807, 2.05) is 23.7 Å². The van der Waals surface area contributed by atoms with Crippen LogP contribution in [0, 0.1) is 0 Å². The molecule has 17 heavy (non-hydrogen) atoms. The van der Waals surface area contributed by atoms with Crippen molar-refractivity contribution < 1.29 is 5.11 Å². The number of hydrogen-bond acceptors (Lipinski definition) is 5. The number of nitrogens with one attached hydrogen (secondary N) is 1. The number of aliphatic hydroxyl groups is 1. The van der Waals surface area contributed by atoms with Gasteiger partial charge in [0.25, 0.3) is 0 Å². The zero-order valence-corrected chi connectivity index (χ0v) is 10.3. The van der Waals surface area contributed by atoms with E-state index in [2.05, 4.69) is 15.6 Å². The molecule has 1 unspecified atom stereocenters. The summed E-state index contributed by atoms with van der Waals surface area (Å²) in [6, 6.07) is 3.90. The summed E-state index contributed by atoms with van der Waals surface area (Å²) < 4.78 is 1.80. The van der Waals surface area contributed by atoms with Crippen molar-refractivity contribution in [2.75, 3.05) is 13.1 Å². The maximum absolute atomic E-state index is 9.81. The van der Waals surface area contributed by atoms with Crippen LogP contribution in [-0.2, 0) is 6.54 Å². The van der Waals surface area contributed by atoms with Crippen LogP contribution >= 0.6 is 11.3 Å². The van der Waals surface area contributed by atoms with E-state index in [0.717, 1.165) is 24.4 Å². The SMILES string of the molecule is OC(CNCCCn1ccnn1)c1cccs1. The standard InChI is InChI=1S/C11H16N4OS/c16-10(11-3-1-8-17-11)9-12-4-2-6-15-7-5-13-14-15/h1,3,5,7-8,10,12,16H,2,4,6,9H2. The zero-order chi connectivity index (χ0) is 11.9. The van der Waals surface area contributed by atoms with Gasteiger partial charge in [-0.1, -0.05) is 11.3 Å². The minimum Gasteiger partial charge on any atom is -0.386 e. The van der Waals surface area contributed by atoms with Crippen LogP contribution in [0.25, 0.3) is 0 Å². The topological polar surface area (TPSA) is 63.0 Å². The molecule has 2 heterocycles. The van der Waals surface area contributed by atoms with Crippen LogP contribution in [0.4, 0.5) is 0 Å². The maximum atomic E-state index is 9.81. The number of aromatic nitrogens is 3. The highest BCUT2D eigenvalue weighted by Crippen LogP contribution is 2.17. The van der Waals surface area contributed by atoms with E-state index in [1.165, 1.54) is 0 Å². The van der Waals surface area contributed by atoms with Gasteiger partial charge < -0.3 is 10.4 Å². The Labute approximate surface area is 104 Å². The number of aliphatic hydroxyl groups excluding tert-OH is 1. The molecule has 2 aromatic heterocycles. The molecule has 0 spiro atoms. The van der Waals surface area contributed by atoms with Gasteiger partial charge in [-0.3, -0.25) is 4.68 Å².